The molecule has 96 valence electrons. The first-order valence-electron chi connectivity index (χ1n) is 5.82. The number of rotatable bonds is 4. The smallest absolute Gasteiger partial charge is 0.161 e. The Kier molecular flexibility index (Phi) is 3.41. The van der Waals surface area contributed by atoms with Gasteiger partial charge in [0.05, 0.1) is 11.8 Å². The first-order chi connectivity index (χ1) is 8.59. The summed E-state index contributed by atoms with van der Waals surface area (Å²) in [7, 11) is 0. The van der Waals surface area contributed by atoms with E-state index in [2.05, 4.69) is 5.10 Å². The van der Waals surface area contributed by atoms with Gasteiger partial charge in [0.2, 0.25) is 0 Å². The highest BCUT2D eigenvalue weighted by atomic mass is 16.5. The van der Waals surface area contributed by atoms with E-state index in [1.165, 1.54) is 0 Å². The molecule has 18 heavy (non-hydrogen) atoms. The minimum Gasteiger partial charge on any atom is -0.504 e. The topological polar surface area (TPSA) is 73.3 Å². The number of ether oxygens (including phenoxy) is 1. The zero-order chi connectivity index (χ0) is 13.1. The van der Waals surface area contributed by atoms with Gasteiger partial charge in [0, 0.05) is 6.04 Å². The summed E-state index contributed by atoms with van der Waals surface area (Å²) >= 11 is 0. The highest BCUT2D eigenvalue weighted by Gasteiger charge is 2.11. The van der Waals surface area contributed by atoms with Crippen LogP contribution in [-0.2, 0) is 6.61 Å². The van der Waals surface area contributed by atoms with Crippen LogP contribution in [0.2, 0.25) is 0 Å². The Bertz CT molecular complexity index is 535. The van der Waals surface area contributed by atoms with Crippen LogP contribution >= 0.6 is 0 Å². The van der Waals surface area contributed by atoms with Gasteiger partial charge in [-0.3, -0.25) is 0 Å². The van der Waals surface area contributed by atoms with E-state index in [-0.39, 0.29) is 18.4 Å². The quantitative estimate of drug-likeness (QED) is 0.869. The lowest BCUT2D eigenvalue weighted by Crippen LogP contribution is -2.08. The number of hydrogen-bond acceptors (Lipinski definition) is 4. The van der Waals surface area contributed by atoms with Crippen LogP contribution in [0.15, 0.2) is 30.5 Å². The molecule has 0 fully saturated rings. The molecule has 0 saturated heterocycles. The van der Waals surface area contributed by atoms with Crippen LogP contribution in [0.5, 0.6) is 11.5 Å². The summed E-state index contributed by atoms with van der Waals surface area (Å²) in [6, 6.07) is 7.04. The third-order valence-electron chi connectivity index (χ3n) is 2.65. The molecular formula is C13H17N3O2. The first-order valence-corrected chi connectivity index (χ1v) is 5.82. The fourth-order valence-electron chi connectivity index (χ4n) is 1.66. The van der Waals surface area contributed by atoms with Gasteiger partial charge in [-0.1, -0.05) is 12.1 Å². The molecule has 5 heteroatoms. The minimum atomic E-state index is 0.118. The van der Waals surface area contributed by atoms with Gasteiger partial charge in [0.15, 0.2) is 11.5 Å². The van der Waals surface area contributed by atoms with Crippen molar-refractivity contribution in [3.63, 3.8) is 0 Å². The number of benzene rings is 1. The molecule has 0 unspecified atom stereocenters. The van der Waals surface area contributed by atoms with E-state index in [0.29, 0.717) is 11.6 Å². The predicted octanol–water partition coefficient (Wildman–Crippen LogP) is 2.33. The number of nitrogens with two attached hydrogens (primary N) is 1. The van der Waals surface area contributed by atoms with E-state index in [1.54, 1.807) is 35.1 Å². The van der Waals surface area contributed by atoms with Crippen molar-refractivity contribution in [1.82, 2.24) is 9.78 Å². The Hall–Kier alpha value is -2.17. The molecule has 2 aromatic rings. The monoisotopic (exact) mass is 247 g/mol. The number of phenolic OH excluding ortho intramolecular Hbond substituents is 1. The molecular weight excluding hydrogens is 230 g/mol. The molecule has 0 saturated carbocycles. The van der Waals surface area contributed by atoms with Crippen molar-refractivity contribution in [3.05, 3.63) is 36.0 Å². The summed E-state index contributed by atoms with van der Waals surface area (Å²) in [4.78, 5) is 0. The summed E-state index contributed by atoms with van der Waals surface area (Å²) in [6.07, 6.45) is 1.69. The van der Waals surface area contributed by atoms with E-state index in [1.807, 2.05) is 13.8 Å². The van der Waals surface area contributed by atoms with Crippen LogP contribution in [-0.4, -0.2) is 14.9 Å². The molecule has 0 radical (unpaired) electrons. The Morgan fingerprint density at radius 2 is 2.11 bits per heavy atom. The second-order valence-electron chi connectivity index (χ2n) is 4.35. The maximum Gasteiger partial charge on any atom is 0.161 e. The van der Waals surface area contributed by atoms with Crippen molar-refractivity contribution in [1.29, 1.82) is 0 Å². The van der Waals surface area contributed by atoms with Crippen molar-refractivity contribution < 1.29 is 9.84 Å². The average molecular weight is 247 g/mol. The number of nitrogen functional groups attached to an aromatic ring is 1. The molecule has 0 bridgehead atoms. The van der Waals surface area contributed by atoms with Crippen LogP contribution in [0, 0.1) is 0 Å². The maximum atomic E-state index is 9.57. The molecule has 0 spiro atoms. The molecule has 2 rings (SSSR count). The second kappa shape index (κ2) is 5.00. The van der Waals surface area contributed by atoms with Crippen LogP contribution < -0.4 is 10.5 Å². The van der Waals surface area contributed by atoms with Gasteiger partial charge in [0.1, 0.15) is 12.4 Å². The zero-order valence-corrected chi connectivity index (χ0v) is 10.5. The number of para-hydroxylation sites is 2. The molecule has 0 aliphatic rings. The summed E-state index contributed by atoms with van der Waals surface area (Å²) in [5.74, 6) is 1.15. The van der Waals surface area contributed by atoms with Gasteiger partial charge in [-0.2, -0.15) is 5.10 Å². The normalized spacial score (nSPS) is 10.8. The van der Waals surface area contributed by atoms with E-state index in [0.717, 1.165) is 5.56 Å². The number of anilines is 1. The zero-order valence-electron chi connectivity index (χ0n) is 10.5. The molecule has 0 amide bonds. The molecule has 0 atom stereocenters. The summed E-state index contributed by atoms with van der Waals surface area (Å²) in [6.45, 7) is 4.31. The summed E-state index contributed by atoms with van der Waals surface area (Å²) in [5, 5.41) is 13.8. The summed E-state index contributed by atoms with van der Waals surface area (Å²) in [5.41, 5.74) is 6.78. The molecule has 1 aromatic heterocycles. The third-order valence-corrected chi connectivity index (χ3v) is 2.65. The summed E-state index contributed by atoms with van der Waals surface area (Å²) < 4.78 is 7.25. The highest BCUT2D eigenvalue weighted by Crippen LogP contribution is 2.26. The Balaban J connectivity index is 2.09. The fourth-order valence-corrected chi connectivity index (χ4v) is 1.66. The Morgan fingerprint density at radius 1 is 1.39 bits per heavy atom. The van der Waals surface area contributed by atoms with E-state index < -0.39 is 0 Å². The molecule has 5 nitrogen and oxygen atoms in total. The number of aromatic hydroxyl groups is 1. The van der Waals surface area contributed by atoms with Gasteiger partial charge >= 0.3 is 0 Å². The van der Waals surface area contributed by atoms with Crippen molar-refractivity contribution >= 4 is 5.82 Å². The lowest BCUT2D eigenvalue weighted by atomic mass is 10.3. The number of hydrogen-bond donors (Lipinski definition) is 2. The fraction of sp³-hybridized carbons (Fsp3) is 0.308. The Morgan fingerprint density at radius 3 is 2.72 bits per heavy atom. The van der Waals surface area contributed by atoms with Crippen molar-refractivity contribution in [2.45, 2.75) is 26.5 Å². The van der Waals surface area contributed by atoms with Gasteiger partial charge in [-0.05, 0) is 26.0 Å². The molecule has 1 aromatic carbocycles. The molecule has 3 N–H and O–H groups in total. The molecule has 0 aliphatic heterocycles. The Labute approximate surface area is 106 Å². The number of phenols is 1. The maximum absolute atomic E-state index is 9.57. The lowest BCUT2D eigenvalue weighted by molar-refractivity contribution is 0.289. The number of aromatic nitrogens is 2. The van der Waals surface area contributed by atoms with Gasteiger partial charge < -0.3 is 15.6 Å². The minimum absolute atomic E-state index is 0.118. The standard InChI is InChI=1S/C13H17N3O2/c1-9(2)16-13(14)10(7-15-16)8-18-12-6-4-3-5-11(12)17/h3-7,9,17H,8,14H2,1-2H3. The van der Waals surface area contributed by atoms with Crippen LogP contribution in [0.25, 0.3) is 0 Å². The van der Waals surface area contributed by atoms with Gasteiger partial charge in [-0.15, -0.1) is 0 Å². The second-order valence-corrected chi connectivity index (χ2v) is 4.35. The van der Waals surface area contributed by atoms with Crippen molar-refractivity contribution in [2.24, 2.45) is 0 Å². The van der Waals surface area contributed by atoms with Crippen molar-refractivity contribution in [3.8, 4) is 11.5 Å². The van der Waals surface area contributed by atoms with Crippen LogP contribution in [0.1, 0.15) is 25.5 Å². The van der Waals surface area contributed by atoms with Gasteiger partial charge in [0.25, 0.3) is 0 Å². The molecule has 1 heterocycles. The average Bonchev–Trinajstić information content (AvgIpc) is 2.70. The van der Waals surface area contributed by atoms with Gasteiger partial charge in [-0.25, -0.2) is 4.68 Å². The SMILES string of the molecule is CC(C)n1ncc(COc2ccccc2O)c1N. The van der Waals surface area contributed by atoms with E-state index >= 15 is 0 Å². The number of nitrogens with zero attached hydrogens (tertiary/aromatic N) is 2. The lowest BCUT2D eigenvalue weighted by Gasteiger charge is -2.09. The van der Waals surface area contributed by atoms with E-state index in [4.69, 9.17) is 10.5 Å². The van der Waals surface area contributed by atoms with Crippen LogP contribution in [0.4, 0.5) is 5.82 Å². The van der Waals surface area contributed by atoms with Crippen LogP contribution in [0.3, 0.4) is 0 Å². The van der Waals surface area contributed by atoms with Crippen molar-refractivity contribution in [2.75, 3.05) is 5.73 Å². The third kappa shape index (κ3) is 2.40. The first kappa shape index (κ1) is 12.3. The largest absolute Gasteiger partial charge is 0.504 e. The van der Waals surface area contributed by atoms with E-state index in [9.17, 15) is 5.11 Å². The predicted molar refractivity (Wildman–Crippen MR) is 69.5 cm³/mol. The molecule has 0 aliphatic carbocycles. The highest BCUT2D eigenvalue weighted by molar-refractivity contribution is 5.41.